The molecule has 0 unspecified atom stereocenters. The van der Waals surface area contributed by atoms with Gasteiger partial charge in [-0.1, -0.05) is 0 Å². The smallest absolute Gasteiger partial charge is 0.308 e. The number of ether oxygens (including phenoxy) is 1. The van der Waals surface area contributed by atoms with Crippen LogP contribution in [0.4, 0.5) is 5.69 Å². The van der Waals surface area contributed by atoms with Crippen LogP contribution in [0.15, 0.2) is 6.20 Å². The van der Waals surface area contributed by atoms with Crippen LogP contribution in [0, 0.1) is 5.92 Å². The summed E-state index contributed by atoms with van der Waals surface area (Å²) in [6, 6.07) is 0. The minimum Gasteiger partial charge on any atom is -0.469 e. The summed E-state index contributed by atoms with van der Waals surface area (Å²) < 4.78 is 6.37. The van der Waals surface area contributed by atoms with Crippen molar-refractivity contribution in [2.75, 3.05) is 25.9 Å². The lowest BCUT2D eigenvalue weighted by molar-refractivity contribution is -0.146. The monoisotopic (exact) mass is 280 g/mol. The number of hydrogen-bond donors (Lipinski definition) is 1. The van der Waals surface area contributed by atoms with Crippen LogP contribution in [0.2, 0.25) is 0 Å². The van der Waals surface area contributed by atoms with Crippen LogP contribution in [-0.2, 0) is 16.1 Å². The van der Waals surface area contributed by atoms with Crippen LogP contribution >= 0.6 is 0 Å². The second-order valence-electron chi connectivity index (χ2n) is 4.88. The summed E-state index contributed by atoms with van der Waals surface area (Å²) in [6.07, 6.45) is 2.90. The van der Waals surface area contributed by atoms with Gasteiger partial charge in [-0.3, -0.25) is 14.3 Å². The number of hydrogen-bond acceptors (Lipinski definition) is 5. The van der Waals surface area contributed by atoms with Crippen molar-refractivity contribution in [3.8, 4) is 0 Å². The van der Waals surface area contributed by atoms with Crippen molar-refractivity contribution in [3.05, 3.63) is 11.9 Å². The first-order chi connectivity index (χ1) is 9.56. The number of carbonyl (C=O) groups excluding carboxylic acids is 2. The predicted octanol–water partition coefficient (Wildman–Crippen LogP) is 0.510. The molecule has 0 aliphatic carbocycles. The van der Waals surface area contributed by atoms with E-state index in [1.54, 1.807) is 15.8 Å². The molecular weight excluding hydrogens is 260 g/mol. The number of likely N-dealkylation sites (tertiary alicyclic amines) is 1. The zero-order valence-electron chi connectivity index (χ0n) is 11.8. The molecule has 110 valence electrons. The Morgan fingerprint density at radius 3 is 2.60 bits per heavy atom. The van der Waals surface area contributed by atoms with Gasteiger partial charge in [0, 0.05) is 25.8 Å². The topological polar surface area (TPSA) is 90.5 Å². The van der Waals surface area contributed by atoms with Gasteiger partial charge in [0.1, 0.15) is 0 Å². The molecule has 1 amide bonds. The minimum atomic E-state index is -0.202. The van der Waals surface area contributed by atoms with E-state index >= 15 is 0 Å². The SMILES string of the molecule is CCn1cc(N)c(C(=O)N2CCC(C(=O)OC)CC2)n1. The van der Waals surface area contributed by atoms with Crippen molar-refractivity contribution < 1.29 is 14.3 Å². The lowest BCUT2D eigenvalue weighted by Crippen LogP contribution is -2.40. The van der Waals surface area contributed by atoms with E-state index < -0.39 is 0 Å². The van der Waals surface area contributed by atoms with E-state index in [0.29, 0.717) is 43.9 Å². The number of methoxy groups -OCH3 is 1. The molecule has 1 fully saturated rings. The van der Waals surface area contributed by atoms with Gasteiger partial charge in [-0.2, -0.15) is 5.10 Å². The van der Waals surface area contributed by atoms with Crippen molar-refractivity contribution in [2.24, 2.45) is 5.92 Å². The van der Waals surface area contributed by atoms with Gasteiger partial charge in [0.15, 0.2) is 5.69 Å². The predicted molar refractivity (Wildman–Crippen MR) is 73.0 cm³/mol. The minimum absolute atomic E-state index is 0.116. The highest BCUT2D eigenvalue weighted by Crippen LogP contribution is 2.21. The Balaban J connectivity index is 2.01. The molecule has 0 aromatic carbocycles. The van der Waals surface area contributed by atoms with E-state index in [-0.39, 0.29) is 17.8 Å². The zero-order valence-corrected chi connectivity index (χ0v) is 11.8. The molecule has 1 aliphatic rings. The van der Waals surface area contributed by atoms with Crippen molar-refractivity contribution >= 4 is 17.6 Å². The molecular formula is C13H20N4O3. The molecule has 1 aromatic rings. The molecule has 7 nitrogen and oxygen atoms in total. The van der Waals surface area contributed by atoms with Crippen LogP contribution in [0.1, 0.15) is 30.3 Å². The van der Waals surface area contributed by atoms with Crippen LogP contribution in [-0.4, -0.2) is 46.8 Å². The molecule has 2 rings (SSSR count). The molecule has 1 aromatic heterocycles. The molecule has 1 aliphatic heterocycles. The molecule has 1 saturated heterocycles. The molecule has 0 radical (unpaired) electrons. The number of carbonyl (C=O) groups is 2. The van der Waals surface area contributed by atoms with Gasteiger partial charge in [-0.05, 0) is 19.8 Å². The zero-order chi connectivity index (χ0) is 14.7. The Bertz CT molecular complexity index is 504. The number of esters is 1. The van der Waals surface area contributed by atoms with Crippen LogP contribution in [0.25, 0.3) is 0 Å². The van der Waals surface area contributed by atoms with Crippen molar-refractivity contribution in [2.45, 2.75) is 26.3 Å². The third-order valence-electron chi connectivity index (χ3n) is 3.63. The van der Waals surface area contributed by atoms with E-state index in [1.165, 1.54) is 7.11 Å². The molecule has 2 N–H and O–H groups in total. The quantitative estimate of drug-likeness (QED) is 0.815. The van der Waals surface area contributed by atoms with Gasteiger partial charge < -0.3 is 15.4 Å². The van der Waals surface area contributed by atoms with E-state index in [4.69, 9.17) is 10.5 Å². The third-order valence-corrected chi connectivity index (χ3v) is 3.63. The number of aromatic nitrogens is 2. The Labute approximate surface area is 117 Å². The number of nitrogens with two attached hydrogens (primary N) is 1. The van der Waals surface area contributed by atoms with Crippen molar-refractivity contribution in [1.82, 2.24) is 14.7 Å². The lowest BCUT2D eigenvalue weighted by Gasteiger charge is -2.30. The fourth-order valence-corrected chi connectivity index (χ4v) is 2.40. The second kappa shape index (κ2) is 5.94. The Morgan fingerprint density at radius 2 is 2.10 bits per heavy atom. The van der Waals surface area contributed by atoms with Crippen LogP contribution in [0.3, 0.4) is 0 Å². The summed E-state index contributed by atoms with van der Waals surface area (Å²) in [6.45, 7) is 3.65. The highest BCUT2D eigenvalue weighted by atomic mass is 16.5. The van der Waals surface area contributed by atoms with Gasteiger partial charge in [0.05, 0.1) is 18.7 Å². The molecule has 2 heterocycles. The number of amides is 1. The largest absolute Gasteiger partial charge is 0.469 e. The van der Waals surface area contributed by atoms with Gasteiger partial charge in [0.2, 0.25) is 0 Å². The van der Waals surface area contributed by atoms with Crippen LogP contribution < -0.4 is 5.73 Å². The maximum Gasteiger partial charge on any atom is 0.308 e. The van der Waals surface area contributed by atoms with Gasteiger partial charge >= 0.3 is 5.97 Å². The Kier molecular flexibility index (Phi) is 4.26. The summed E-state index contributed by atoms with van der Waals surface area (Å²) in [5.41, 5.74) is 6.51. The van der Waals surface area contributed by atoms with Gasteiger partial charge in [-0.25, -0.2) is 0 Å². The average molecular weight is 280 g/mol. The summed E-state index contributed by atoms with van der Waals surface area (Å²) in [4.78, 5) is 25.5. The molecule has 0 bridgehead atoms. The van der Waals surface area contributed by atoms with Crippen molar-refractivity contribution in [3.63, 3.8) is 0 Å². The first-order valence-corrected chi connectivity index (χ1v) is 6.76. The number of nitrogen functional groups attached to an aromatic ring is 1. The lowest BCUT2D eigenvalue weighted by atomic mass is 9.97. The molecule has 0 saturated carbocycles. The Morgan fingerprint density at radius 1 is 1.45 bits per heavy atom. The number of aryl methyl sites for hydroxylation is 1. The third kappa shape index (κ3) is 2.76. The highest BCUT2D eigenvalue weighted by Gasteiger charge is 2.30. The van der Waals surface area contributed by atoms with Gasteiger partial charge in [-0.15, -0.1) is 0 Å². The standard InChI is InChI=1S/C13H20N4O3/c1-3-17-8-10(14)11(15-17)12(18)16-6-4-9(5-7-16)13(19)20-2/h8-9H,3-7,14H2,1-2H3. The number of anilines is 1. The van der Waals surface area contributed by atoms with Crippen LogP contribution in [0.5, 0.6) is 0 Å². The first-order valence-electron chi connectivity index (χ1n) is 6.76. The number of piperidine rings is 1. The summed E-state index contributed by atoms with van der Waals surface area (Å²) in [7, 11) is 1.39. The van der Waals surface area contributed by atoms with E-state index in [0.717, 1.165) is 0 Å². The Hall–Kier alpha value is -2.05. The van der Waals surface area contributed by atoms with E-state index in [1.807, 2.05) is 6.92 Å². The second-order valence-corrected chi connectivity index (χ2v) is 4.88. The molecule has 0 atom stereocenters. The normalized spacial score (nSPS) is 16.2. The fraction of sp³-hybridized carbons (Fsp3) is 0.615. The van der Waals surface area contributed by atoms with E-state index in [2.05, 4.69) is 5.10 Å². The number of nitrogens with zero attached hydrogens (tertiary/aromatic N) is 3. The summed E-state index contributed by atoms with van der Waals surface area (Å²) in [5, 5.41) is 4.18. The summed E-state index contributed by atoms with van der Waals surface area (Å²) >= 11 is 0. The maximum absolute atomic E-state index is 12.3. The molecule has 7 heteroatoms. The molecule has 20 heavy (non-hydrogen) atoms. The fourth-order valence-electron chi connectivity index (χ4n) is 2.40. The van der Waals surface area contributed by atoms with E-state index in [9.17, 15) is 9.59 Å². The molecule has 0 spiro atoms. The van der Waals surface area contributed by atoms with Crippen molar-refractivity contribution in [1.29, 1.82) is 0 Å². The first kappa shape index (κ1) is 14.4. The maximum atomic E-state index is 12.3. The summed E-state index contributed by atoms with van der Waals surface area (Å²) in [5.74, 6) is -0.487. The highest BCUT2D eigenvalue weighted by molar-refractivity contribution is 5.97. The number of rotatable bonds is 3. The van der Waals surface area contributed by atoms with Gasteiger partial charge in [0.25, 0.3) is 5.91 Å². The average Bonchev–Trinajstić information content (AvgIpc) is 2.87.